The fourth-order valence-electron chi connectivity index (χ4n) is 3.03. The van der Waals surface area contributed by atoms with Crippen LogP contribution in [0.3, 0.4) is 0 Å². The van der Waals surface area contributed by atoms with Crippen molar-refractivity contribution in [2.45, 2.75) is 18.9 Å². The number of anilines is 1. The molecule has 2 heterocycles. The smallest absolute Gasteiger partial charge is 0.255 e. The Morgan fingerprint density at radius 2 is 2.03 bits per heavy atom. The van der Waals surface area contributed by atoms with E-state index in [1.807, 2.05) is 53.9 Å². The maximum absolute atomic E-state index is 12.5. The molecule has 4 nitrogen and oxygen atoms in total. The van der Waals surface area contributed by atoms with Crippen LogP contribution >= 0.6 is 11.3 Å². The Bertz CT molecular complexity index is 1010. The van der Waals surface area contributed by atoms with Gasteiger partial charge in [-0.1, -0.05) is 24.0 Å². The van der Waals surface area contributed by atoms with Crippen molar-refractivity contribution >= 4 is 22.9 Å². The molecule has 4 rings (SSSR count). The van der Waals surface area contributed by atoms with E-state index >= 15 is 0 Å². The van der Waals surface area contributed by atoms with Gasteiger partial charge < -0.3 is 14.8 Å². The Kier molecular flexibility index (Phi) is 6.25. The summed E-state index contributed by atoms with van der Waals surface area (Å²) >= 11 is 1.61. The van der Waals surface area contributed by atoms with Crippen molar-refractivity contribution in [1.82, 2.24) is 0 Å². The number of hydrogen-bond donors (Lipinski definition) is 1. The van der Waals surface area contributed by atoms with Crippen molar-refractivity contribution in [3.63, 3.8) is 0 Å². The average Bonchev–Trinajstić information content (AvgIpc) is 3.45. The molecular weight excluding hydrogens is 382 g/mol. The number of hydrogen-bond acceptors (Lipinski definition) is 4. The molecule has 1 aliphatic rings. The number of amides is 1. The summed E-state index contributed by atoms with van der Waals surface area (Å²) < 4.78 is 11.3. The first-order chi connectivity index (χ1) is 14.3. The molecule has 5 heteroatoms. The molecule has 3 aromatic rings. The second-order valence-corrected chi connectivity index (χ2v) is 7.68. The van der Waals surface area contributed by atoms with E-state index in [0.717, 1.165) is 35.6 Å². The summed E-state index contributed by atoms with van der Waals surface area (Å²) in [6, 6.07) is 18.7. The van der Waals surface area contributed by atoms with Crippen molar-refractivity contribution in [2.75, 3.05) is 18.5 Å². The van der Waals surface area contributed by atoms with Gasteiger partial charge in [0.1, 0.15) is 12.4 Å². The van der Waals surface area contributed by atoms with E-state index in [9.17, 15) is 4.79 Å². The Morgan fingerprint density at radius 3 is 2.79 bits per heavy atom. The van der Waals surface area contributed by atoms with Gasteiger partial charge in [-0.3, -0.25) is 4.79 Å². The standard InChI is InChI=1S/C24H21NO3S/c26-24(19-9-11-21(12-10-19)28-17-22-6-2-14-27-22)25-20-5-1-4-18(16-20)8-13-23-7-3-15-29-23/h1,3-5,7,9-12,15-16,22H,2,6,14,17H2,(H,25,26). The lowest BCUT2D eigenvalue weighted by atomic mass is 10.1. The van der Waals surface area contributed by atoms with Crippen molar-refractivity contribution in [1.29, 1.82) is 0 Å². The molecule has 1 N–H and O–H groups in total. The Labute approximate surface area is 174 Å². The highest BCUT2D eigenvalue weighted by Crippen LogP contribution is 2.18. The molecule has 1 unspecified atom stereocenters. The lowest BCUT2D eigenvalue weighted by Gasteiger charge is -2.12. The van der Waals surface area contributed by atoms with Crippen LogP contribution in [0.5, 0.6) is 5.75 Å². The molecule has 146 valence electrons. The minimum Gasteiger partial charge on any atom is -0.491 e. The van der Waals surface area contributed by atoms with Crippen LogP contribution in [0, 0.1) is 11.8 Å². The summed E-state index contributed by atoms with van der Waals surface area (Å²) in [5, 5.41) is 4.92. The van der Waals surface area contributed by atoms with Crippen LogP contribution in [0.2, 0.25) is 0 Å². The third-order valence-corrected chi connectivity index (χ3v) is 5.33. The molecule has 1 aliphatic heterocycles. The van der Waals surface area contributed by atoms with E-state index in [1.165, 1.54) is 0 Å². The van der Waals surface area contributed by atoms with E-state index in [-0.39, 0.29) is 12.0 Å². The third-order valence-electron chi connectivity index (χ3n) is 4.55. The van der Waals surface area contributed by atoms with Gasteiger partial charge in [-0.25, -0.2) is 0 Å². The molecule has 1 saturated heterocycles. The Hall–Kier alpha value is -3.07. The number of carbonyl (C=O) groups excluding carboxylic acids is 1. The van der Waals surface area contributed by atoms with Crippen molar-refractivity contribution in [3.05, 3.63) is 82.0 Å². The van der Waals surface area contributed by atoms with Gasteiger partial charge in [-0.2, -0.15) is 0 Å². The van der Waals surface area contributed by atoms with Gasteiger partial charge in [-0.05, 0) is 66.8 Å². The molecule has 0 saturated carbocycles. The number of carbonyl (C=O) groups is 1. The van der Waals surface area contributed by atoms with Crippen molar-refractivity contribution in [3.8, 4) is 17.6 Å². The summed E-state index contributed by atoms with van der Waals surface area (Å²) in [7, 11) is 0. The first kappa shape index (κ1) is 19.3. The van der Waals surface area contributed by atoms with Crippen LogP contribution in [0.4, 0.5) is 5.69 Å². The van der Waals surface area contributed by atoms with Crippen LogP contribution in [0.1, 0.15) is 33.6 Å². The van der Waals surface area contributed by atoms with Crippen LogP contribution in [0.25, 0.3) is 0 Å². The molecule has 2 aromatic carbocycles. The molecule has 29 heavy (non-hydrogen) atoms. The number of benzene rings is 2. The number of thiophene rings is 1. The zero-order chi connectivity index (χ0) is 19.9. The summed E-state index contributed by atoms with van der Waals surface area (Å²) in [5.74, 6) is 6.82. The highest BCUT2D eigenvalue weighted by molar-refractivity contribution is 7.10. The molecule has 0 radical (unpaired) electrons. The third kappa shape index (κ3) is 5.47. The fraction of sp³-hybridized carbons (Fsp3) is 0.208. The lowest BCUT2D eigenvalue weighted by Crippen LogP contribution is -2.16. The van der Waals surface area contributed by atoms with Gasteiger partial charge in [-0.15, -0.1) is 11.3 Å². The van der Waals surface area contributed by atoms with E-state index in [0.29, 0.717) is 17.9 Å². The molecule has 0 aliphatic carbocycles. The quantitative estimate of drug-likeness (QED) is 0.613. The monoisotopic (exact) mass is 403 g/mol. The maximum Gasteiger partial charge on any atom is 0.255 e. The number of ether oxygens (including phenoxy) is 2. The van der Waals surface area contributed by atoms with Crippen LogP contribution < -0.4 is 10.1 Å². The lowest BCUT2D eigenvalue weighted by molar-refractivity contribution is 0.0679. The van der Waals surface area contributed by atoms with Crippen molar-refractivity contribution in [2.24, 2.45) is 0 Å². The fourth-order valence-corrected chi connectivity index (χ4v) is 3.60. The molecule has 1 fully saturated rings. The SMILES string of the molecule is O=C(Nc1cccc(C#Cc2cccs2)c1)c1ccc(OCC2CCCO2)cc1. The van der Waals surface area contributed by atoms with E-state index in [4.69, 9.17) is 9.47 Å². The Balaban J connectivity index is 1.35. The minimum atomic E-state index is -0.168. The summed E-state index contributed by atoms with van der Waals surface area (Å²) in [6.45, 7) is 1.36. The first-order valence-corrected chi connectivity index (χ1v) is 10.5. The average molecular weight is 404 g/mol. The van der Waals surface area contributed by atoms with E-state index < -0.39 is 0 Å². The maximum atomic E-state index is 12.5. The summed E-state index contributed by atoms with van der Waals surface area (Å²) in [6.07, 6.45) is 2.30. The highest BCUT2D eigenvalue weighted by atomic mass is 32.1. The number of nitrogens with one attached hydrogen (secondary N) is 1. The molecule has 1 amide bonds. The van der Waals surface area contributed by atoms with Gasteiger partial charge in [0, 0.05) is 23.4 Å². The summed E-state index contributed by atoms with van der Waals surface area (Å²) in [5.41, 5.74) is 2.14. The first-order valence-electron chi connectivity index (χ1n) is 9.58. The predicted octanol–water partition coefficient (Wildman–Crippen LogP) is 4.96. The molecule has 0 spiro atoms. The predicted molar refractivity (Wildman–Crippen MR) is 116 cm³/mol. The second kappa shape index (κ2) is 9.42. The molecule has 1 aromatic heterocycles. The zero-order valence-electron chi connectivity index (χ0n) is 15.9. The van der Waals surface area contributed by atoms with Crippen molar-refractivity contribution < 1.29 is 14.3 Å². The molecule has 1 atom stereocenters. The van der Waals surface area contributed by atoms with Gasteiger partial charge in [0.05, 0.1) is 11.0 Å². The van der Waals surface area contributed by atoms with E-state index in [1.54, 1.807) is 23.5 Å². The van der Waals surface area contributed by atoms with Gasteiger partial charge >= 0.3 is 0 Å². The van der Waals surface area contributed by atoms with Gasteiger partial charge in [0.15, 0.2) is 0 Å². The zero-order valence-corrected chi connectivity index (χ0v) is 16.7. The normalized spacial score (nSPS) is 15.4. The van der Waals surface area contributed by atoms with E-state index in [2.05, 4.69) is 17.2 Å². The highest BCUT2D eigenvalue weighted by Gasteiger charge is 2.16. The Morgan fingerprint density at radius 1 is 1.14 bits per heavy atom. The molecular formula is C24H21NO3S. The van der Waals surface area contributed by atoms with Gasteiger partial charge in [0.25, 0.3) is 5.91 Å². The van der Waals surface area contributed by atoms with Crippen LogP contribution in [-0.4, -0.2) is 25.2 Å². The summed E-state index contributed by atoms with van der Waals surface area (Å²) in [4.78, 5) is 13.6. The molecule has 0 bridgehead atoms. The van der Waals surface area contributed by atoms with Crippen LogP contribution in [-0.2, 0) is 4.74 Å². The topological polar surface area (TPSA) is 47.6 Å². The number of rotatable bonds is 5. The van der Waals surface area contributed by atoms with Gasteiger partial charge in [0.2, 0.25) is 0 Å². The van der Waals surface area contributed by atoms with Crippen LogP contribution in [0.15, 0.2) is 66.0 Å². The second-order valence-electron chi connectivity index (χ2n) is 6.73. The largest absolute Gasteiger partial charge is 0.491 e. The minimum absolute atomic E-state index is 0.168.